The molecule has 0 amide bonds. The first kappa shape index (κ1) is 14.1. The van der Waals surface area contributed by atoms with Crippen molar-refractivity contribution in [1.82, 2.24) is 0 Å². The van der Waals surface area contributed by atoms with Crippen LogP contribution in [0.5, 0.6) is 5.75 Å². The minimum Gasteiger partial charge on any atom is -0.508 e. The number of phenolic OH excluding ortho intramolecular Hbond substituents is 1. The van der Waals surface area contributed by atoms with Crippen LogP contribution in [0.2, 0.25) is 0 Å². The van der Waals surface area contributed by atoms with E-state index in [1.54, 1.807) is 6.07 Å². The lowest BCUT2D eigenvalue weighted by Crippen LogP contribution is -2.09. The fourth-order valence-corrected chi connectivity index (χ4v) is 2.71. The Bertz CT molecular complexity index is 519. The number of rotatable bonds is 5. The van der Waals surface area contributed by atoms with Crippen molar-refractivity contribution in [2.45, 2.75) is 19.8 Å². The molecule has 0 saturated carbocycles. The summed E-state index contributed by atoms with van der Waals surface area (Å²) in [6, 6.07) is 16.3. The zero-order chi connectivity index (χ0) is 13.7. The zero-order valence-electron chi connectivity index (χ0n) is 11.1. The van der Waals surface area contributed by atoms with Gasteiger partial charge in [0.15, 0.2) is 0 Å². The molecular formula is C17H19BrO. The summed E-state index contributed by atoms with van der Waals surface area (Å²) in [5.74, 6) is 0.894. The Morgan fingerprint density at radius 1 is 1.00 bits per heavy atom. The van der Waals surface area contributed by atoms with Crippen molar-refractivity contribution < 1.29 is 5.11 Å². The van der Waals surface area contributed by atoms with E-state index in [2.05, 4.69) is 53.2 Å². The van der Waals surface area contributed by atoms with Crippen LogP contribution in [0.25, 0.3) is 0 Å². The van der Waals surface area contributed by atoms with Gasteiger partial charge in [0.05, 0.1) is 0 Å². The Balaban J connectivity index is 2.02. The highest BCUT2D eigenvalue weighted by Crippen LogP contribution is 2.19. The van der Waals surface area contributed by atoms with Crippen LogP contribution in [0.15, 0.2) is 48.5 Å². The van der Waals surface area contributed by atoms with Crippen molar-refractivity contribution in [2.75, 3.05) is 5.33 Å². The van der Waals surface area contributed by atoms with Gasteiger partial charge in [0.2, 0.25) is 0 Å². The van der Waals surface area contributed by atoms with Crippen molar-refractivity contribution in [2.24, 2.45) is 5.92 Å². The molecule has 0 bridgehead atoms. The second kappa shape index (κ2) is 6.76. The molecule has 2 aromatic rings. The third kappa shape index (κ3) is 4.39. The molecule has 100 valence electrons. The monoisotopic (exact) mass is 318 g/mol. The van der Waals surface area contributed by atoms with Crippen LogP contribution in [0.3, 0.4) is 0 Å². The van der Waals surface area contributed by atoms with Crippen molar-refractivity contribution in [3.8, 4) is 5.75 Å². The summed E-state index contributed by atoms with van der Waals surface area (Å²) in [5.41, 5.74) is 3.86. The van der Waals surface area contributed by atoms with Gasteiger partial charge in [0, 0.05) is 5.33 Å². The number of halogens is 1. The number of phenols is 1. The van der Waals surface area contributed by atoms with Crippen LogP contribution >= 0.6 is 15.9 Å². The van der Waals surface area contributed by atoms with Crippen LogP contribution in [-0.4, -0.2) is 10.4 Å². The predicted molar refractivity (Wildman–Crippen MR) is 84.0 cm³/mol. The van der Waals surface area contributed by atoms with Crippen LogP contribution < -0.4 is 0 Å². The average molecular weight is 319 g/mol. The lowest BCUT2D eigenvalue weighted by molar-refractivity contribution is 0.473. The summed E-state index contributed by atoms with van der Waals surface area (Å²) in [6.45, 7) is 2.11. The first-order valence-corrected chi connectivity index (χ1v) is 7.69. The summed E-state index contributed by atoms with van der Waals surface area (Å²) in [6.07, 6.45) is 2.04. The highest BCUT2D eigenvalue weighted by molar-refractivity contribution is 9.09. The summed E-state index contributed by atoms with van der Waals surface area (Å²) >= 11 is 3.60. The second-order valence-electron chi connectivity index (χ2n) is 5.08. The summed E-state index contributed by atoms with van der Waals surface area (Å²) in [4.78, 5) is 0. The molecule has 1 nitrogen and oxygen atoms in total. The molecule has 1 unspecified atom stereocenters. The molecule has 1 atom stereocenters. The normalized spacial score (nSPS) is 12.3. The molecule has 0 aliphatic carbocycles. The smallest absolute Gasteiger partial charge is 0.115 e. The summed E-state index contributed by atoms with van der Waals surface area (Å²) in [5, 5.41) is 10.5. The van der Waals surface area contributed by atoms with Gasteiger partial charge in [-0.05, 0) is 48.9 Å². The van der Waals surface area contributed by atoms with E-state index in [1.165, 1.54) is 16.7 Å². The van der Waals surface area contributed by atoms with Crippen molar-refractivity contribution in [1.29, 1.82) is 0 Å². The maximum Gasteiger partial charge on any atom is 0.115 e. The predicted octanol–water partition coefficient (Wildman–Crippen LogP) is 4.50. The van der Waals surface area contributed by atoms with Gasteiger partial charge >= 0.3 is 0 Å². The van der Waals surface area contributed by atoms with Crippen molar-refractivity contribution in [3.63, 3.8) is 0 Å². The Hall–Kier alpha value is -1.28. The van der Waals surface area contributed by atoms with E-state index < -0.39 is 0 Å². The maximum atomic E-state index is 9.51. The molecule has 1 N–H and O–H groups in total. The van der Waals surface area contributed by atoms with E-state index in [1.807, 2.05) is 12.1 Å². The molecule has 0 fully saturated rings. The van der Waals surface area contributed by atoms with Gasteiger partial charge in [0.25, 0.3) is 0 Å². The topological polar surface area (TPSA) is 20.2 Å². The molecule has 19 heavy (non-hydrogen) atoms. The number of aromatic hydroxyl groups is 1. The van der Waals surface area contributed by atoms with Gasteiger partial charge in [0.1, 0.15) is 5.75 Å². The van der Waals surface area contributed by atoms with E-state index in [9.17, 15) is 5.11 Å². The summed E-state index contributed by atoms with van der Waals surface area (Å²) in [7, 11) is 0. The van der Waals surface area contributed by atoms with Gasteiger partial charge < -0.3 is 5.11 Å². The van der Waals surface area contributed by atoms with Gasteiger partial charge in [-0.15, -0.1) is 0 Å². The molecule has 0 spiro atoms. The third-order valence-electron chi connectivity index (χ3n) is 3.30. The number of benzene rings is 2. The Morgan fingerprint density at radius 3 is 2.32 bits per heavy atom. The highest BCUT2D eigenvalue weighted by Gasteiger charge is 2.10. The van der Waals surface area contributed by atoms with Gasteiger partial charge in [-0.2, -0.15) is 0 Å². The molecule has 0 radical (unpaired) electrons. The van der Waals surface area contributed by atoms with Gasteiger partial charge in [-0.25, -0.2) is 0 Å². The molecular weight excluding hydrogens is 300 g/mol. The minimum atomic E-state index is 0.348. The lowest BCUT2D eigenvalue weighted by atomic mass is 9.94. The Labute approximate surface area is 123 Å². The number of alkyl halides is 1. The second-order valence-corrected chi connectivity index (χ2v) is 5.73. The SMILES string of the molecule is Cc1ccc(CC(CBr)Cc2cccc(O)c2)cc1. The Morgan fingerprint density at radius 2 is 1.68 bits per heavy atom. The van der Waals surface area contributed by atoms with Crippen LogP contribution in [-0.2, 0) is 12.8 Å². The quantitative estimate of drug-likeness (QED) is 0.805. The number of hydrogen-bond acceptors (Lipinski definition) is 1. The zero-order valence-corrected chi connectivity index (χ0v) is 12.7. The van der Waals surface area contributed by atoms with Crippen molar-refractivity contribution in [3.05, 3.63) is 65.2 Å². The fraction of sp³-hybridized carbons (Fsp3) is 0.294. The minimum absolute atomic E-state index is 0.348. The molecule has 2 aromatic carbocycles. The first-order valence-electron chi connectivity index (χ1n) is 6.57. The maximum absolute atomic E-state index is 9.51. The van der Waals surface area contributed by atoms with Crippen LogP contribution in [0, 0.1) is 12.8 Å². The number of aryl methyl sites for hydroxylation is 1. The standard InChI is InChI=1S/C17H19BrO/c1-13-5-7-14(8-6-13)9-16(12-18)10-15-3-2-4-17(19)11-15/h2-8,11,16,19H,9-10,12H2,1H3. The lowest BCUT2D eigenvalue weighted by Gasteiger charge is -2.14. The molecule has 2 rings (SSSR count). The van der Waals surface area contributed by atoms with E-state index in [4.69, 9.17) is 0 Å². The average Bonchev–Trinajstić information content (AvgIpc) is 2.40. The molecule has 0 aliphatic rings. The number of hydrogen-bond donors (Lipinski definition) is 1. The fourth-order valence-electron chi connectivity index (χ4n) is 2.26. The van der Waals surface area contributed by atoms with Gasteiger partial charge in [-0.3, -0.25) is 0 Å². The molecule has 2 heteroatoms. The third-order valence-corrected chi connectivity index (χ3v) is 4.21. The van der Waals surface area contributed by atoms with E-state index in [0.29, 0.717) is 11.7 Å². The molecule has 0 heterocycles. The van der Waals surface area contributed by atoms with Gasteiger partial charge in [-0.1, -0.05) is 57.9 Å². The van der Waals surface area contributed by atoms with E-state index in [-0.39, 0.29) is 0 Å². The van der Waals surface area contributed by atoms with Crippen molar-refractivity contribution >= 4 is 15.9 Å². The highest BCUT2D eigenvalue weighted by atomic mass is 79.9. The largest absolute Gasteiger partial charge is 0.508 e. The molecule has 0 aromatic heterocycles. The molecule has 0 saturated heterocycles. The van der Waals surface area contributed by atoms with Crippen LogP contribution in [0.4, 0.5) is 0 Å². The molecule has 0 aliphatic heterocycles. The van der Waals surface area contributed by atoms with Crippen LogP contribution in [0.1, 0.15) is 16.7 Å². The van der Waals surface area contributed by atoms with E-state index in [0.717, 1.165) is 18.2 Å². The summed E-state index contributed by atoms with van der Waals surface area (Å²) < 4.78 is 0. The Kier molecular flexibility index (Phi) is 5.03. The van der Waals surface area contributed by atoms with E-state index >= 15 is 0 Å². The first-order chi connectivity index (χ1) is 9.17.